The second-order valence-electron chi connectivity index (χ2n) is 6.47. The maximum atomic E-state index is 12.6. The van der Waals surface area contributed by atoms with Crippen LogP contribution in [0.15, 0.2) is 60.8 Å². The molecule has 2 aromatic carbocycles. The van der Waals surface area contributed by atoms with E-state index in [-0.39, 0.29) is 24.0 Å². The van der Waals surface area contributed by atoms with E-state index in [1.165, 1.54) is 0 Å². The Bertz CT molecular complexity index is 877. The Morgan fingerprint density at radius 3 is 2.59 bits per heavy atom. The smallest absolute Gasteiger partial charge is 0.338 e. The molecular formula is C21H21N3O3. The SMILES string of the molecule is CCOC(=O)c1ccc(C2=CN(c3ccccc3)C3C(=O)NCNC23)cc1. The number of benzene rings is 2. The summed E-state index contributed by atoms with van der Waals surface area (Å²) in [5.74, 6) is -0.333. The van der Waals surface area contributed by atoms with Crippen LogP contribution in [0.1, 0.15) is 22.8 Å². The highest BCUT2D eigenvalue weighted by molar-refractivity contribution is 5.96. The third-order valence-electron chi connectivity index (χ3n) is 4.87. The minimum atomic E-state index is -0.346. The molecule has 2 N–H and O–H groups in total. The van der Waals surface area contributed by atoms with Crippen LogP contribution in [0.2, 0.25) is 0 Å². The van der Waals surface area contributed by atoms with Gasteiger partial charge in [0.1, 0.15) is 6.04 Å². The number of para-hydroxylation sites is 1. The molecule has 1 amide bonds. The van der Waals surface area contributed by atoms with Crippen molar-refractivity contribution < 1.29 is 14.3 Å². The van der Waals surface area contributed by atoms with Crippen LogP contribution in [0.25, 0.3) is 5.57 Å². The topological polar surface area (TPSA) is 70.7 Å². The van der Waals surface area contributed by atoms with Crippen molar-refractivity contribution in [3.8, 4) is 0 Å². The zero-order valence-corrected chi connectivity index (χ0v) is 15.0. The van der Waals surface area contributed by atoms with Gasteiger partial charge >= 0.3 is 5.97 Å². The molecule has 2 aliphatic heterocycles. The zero-order chi connectivity index (χ0) is 18.8. The predicted octanol–water partition coefficient (Wildman–Crippen LogP) is 2.14. The number of hydrogen-bond donors (Lipinski definition) is 2. The number of esters is 1. The molecule has 2 heterocycles. The van der Waals surface area contributed by atoms with E-state index < -0.39 is 0 Å². The molecule has 0 spiro atoms. The van der Waals surface area contributed by atoms with E-state index in [1.54, 1.807) is 19.1 Å². The molecule has 0 aromatic heterocycles. The van der Waals surface area contributed by atoms with Gasteiger partial charge < -0.3 is 15.0 Å². The highest BCUT2D eigenvalue weighted by Gasteiger charge is 2.43. The summed E-state index contributed by atoms with van der Waals surface area (Å²) in [6.07, 6.45) is 2.02. The van der Waals surface area contributed by atoms with Crippen molar-refractivity contribution in [2.24, 2.45) is 0 Å². The van der Waals surface area contributed by atoms with Gasteiger partial charge in [-0.2, -0.15) is 0 Å². The van der Waals surface area contributed by atoms with E-state index in [4.69, 9.17) is 4.74 Å². The average molecular weight is 363 g/mol. The first-order valence-corrected chi connectivity index (χ1v) is 9.03. The van der Waals surface area contributed by atoms with E-state index in [1.807, 2.05) is 53.6 Å². The van der Waals surface area contributed by atoms with Crippen LogP contribution in [0, 0.1) is 0 Å². The quantitative estimate of drug-likeness (QED) is 0.815. The molecule has 2 unspecified atom stereocenters. The number of nitrogens with one attached hydrogen (secondary N) is 2. The van der Waals surface area contributed by atoms with E-state index in [9.17, 15) is 9.59 Å². The fourth-order valence-corrected chi connectivity index (χ4v) is 3.60. The summed E-state index contributed by atoms with van der Waals surface area (Å²) in [6, 6.07) is 16.7. The first kappa shape index (κ1) is 17.3. The second-order valence-corrected chi connectivity index (χ2v) is 6.47. The molecule has 27 heavy (non-hydrogen) atoms. The maximum Gasteiger partial charge on any atom is 0.338 e. The lowest BCUT2D eigenvalue weighted by atomic mass is 9.94. The molecule has 0 radical (unpaired) electrons. The highest BCUT2D eigenvalue weighted by atomic mass is 16.5. The zero-order valence-electron chi connectivity index (χ0n) is 15.0. The molecule has 4 rings (SSSR count). The van der Waals surface area contributed by atoms with Gasteiger partial charge in [0, 0.05) is 11.9 Å². The van der Waals surface area contributed by atoms with Crippen molar-refractivity contribution in [3.63, 3.8) is 0 Å². The van der Waals surface area contributed by atoms with Gasteiger partial charge in [-0.05, 0) is 42.3 Å². The normalized spacial score (nSPS) is 21.3. The summed E-state index contributed by atoms with van der Waals surface area (Å²) in [5.41, 5.74) is 3.47. The van der Waals surface area contributed by atoms with E-state index >= 15 is 0 Å². The van der Waals surface area contributed by atoms with Crippen molar-refractivity contribution in [2.75, 3.05) is 18.2 Å². The third kappa shape index (κ3) is 3.19. The van der Waals surface area contributed by atoms with Crippen LogP contribution < -0.4 is 15.5 Å². The number of nitrogens with zero attached hydrogens (tertiary/aromatic N) is 1. The van der Waals surface area contributed by atoms with Gasteiger partial charge in [-0.1, -0.05) is 30.3 Å². The van der Waals surface area contributed by atoms with Crippen LogP contribution in [0.4, 0.5) is 5.69 Å². The summed E-state index contributed by atoms with van der Waals surface area (Å²) < 4.78 is 5.04. The Balaban J connectivity index is 1.68. The lowest BCUT2D eigenvalue weighted by Crippen LogP contribution is -2.61. The molecule has 1 fully saturated rings. The molecule has 0 saturated carbocycles. The van der Waals surface area contributed by atoms with E-state index in [0.717, 1.165) is 16.8 Å². The number of ether oxygens (including phenoxy) is 1. The van der Waals surface area contributed by atoms with Gasteiger partial charge in [0.15, 0.2) is 0 Å². The van der Waals surface area contributed by atoms with Crippen molar-refractivity contribution in [1.82, 2.24) is 10.6 Å². The fraction of sp³-hybridized carbons (Fsp3) is 0.238. The molecule has 1 saturated heterocycles. The minimum Gasteiger partial charge on any atom is -0.462 e. The van der Waals surface area contributed by atoms with Gasteiger partial charge in [-0.25, -0.2) is 4.79 Å². The number of fused-ring (bicyclic) bond motifs is 1. The Hall–Kier alpha value is -3.12. The van der Waals surface area contributed by atoms with Gasteiger partial charge in [-0.3, -0.25) is 10.1 Å². The van der Waals surface area contributed by atoms with Gasteiger partial charge in [0.2, 0.25) is 5.91 Å². The highest BCUT2D eigenvalue weighted by Crippen LogP contribution is 2.35. The lowest BCUT2D eigenvalue weighted by Gasteiger charge is -2.33. The summed E-state index contributed by atoms with van der Waals surface area (Å²) in [5, 5.41) is 6.26. The van der Waals surface area contributed by atoms with Crippen molar-refractivity contribution in [3.05, 3.63) is 71.9 Å². The number of hydrogen-bond acceptors (Lipinski definition) is 5. The molecule has 6 heteroatoms. The van der Waals surface area contributed by atoms with Crippen LogP contribution >= 0.6 is 0 Å². The lowest BCUT2D eigenvalue weighted by molar-refractivity contribution is -0.123. The average Bonchev–Trinajstić information content (AvgIpc) is 3.10. The largest absolute Gasteiger partial charge is 0.462 e. The number of carbonyl (C=O) groups is 2. The number of rotatable bonds is 4. The third-order valence-corrected chi connectivity index (χ3v) is 4.87. The molecular weight excluding hydrogens is 342 g/mol. The Kier molecular flexibility index (Phi) is 4.64. The Morgan fingerprint density at radius 2 is 1.89 bits per heavy atom. The Morgan fingerprint density at radius 1 is 1.15 bits per heavy atom. The summed E-state index contributed by atoms with van der Waals surface area (Å²) >= 11 is 0. The van der Waals surface area contributed by atoms with Crippen molar-refractivity contribution >= 4 is 23.1 Å². The van der Waals surface area contributed by atoms with Gasteiger partial charge in [0.05, 0.1) is 24.9 Å². The monoisotopic (exact) mass is 363 g/mol. The number of amides is 1. The van der Waals surface area contributed by atoms with E-state index in [0.29, 0.717) is 18.8 Å². The summed E-state index contributed by atoms with van der Waals surface area (Å²) in [4.78, 5) is 26.4. The van der Waals surface area contributed by atoms with Crippen LogP contribution in [0.3, 0.4) is 0 Å². The van der Waals surface area contributed by atoms with Crippen LogP contribution in [0.5, 0.6) is 0 Å². The van der Waals surface area contributed by atoms with Crippen LogP contribution in [-0.2, 0) is 9.53 Å². The molecule has 138 valence electrons. The van der Waals surface area contributed by atoms with Crippen LogP contribution in [-0.4, -0.2) is 37.2 Å². The maximum absolute atomic E-state index is 12.6. The Labute approximate surface area is 157 Å². The first-order valence-electron chi connectivity index (χ1n) is 9.03. The second kappa shape index (κ2) is 7.25. The molecule has 6 nitrogen and oxygen atoms in total. The van der Waals surface area contributed by atoms with E-state index in [2.05, 4.69) is 10.6 Å². The first-order chi connectivity index (χ1) is 13.2. The fourth-order valence-electron chi connectivity index (χ4n) is 3.60. The standard InChI is InChI=1S/C21H21N3O3/c1-2-27-21(26)15-10-8-14(9-11-15)17-12-24(16-6-4-3-5-7-16)19-18(17)22-13-23-20(19)25/h3-12,18-19,22H,2,13H2,1H3,(H,23,25). The van der Waals surface area contributed by atoms with Crippen molar-refractivity contribution in [1.29, 1.82) is 0 Å². The minimum absolute atomic E-state index is 0.00278. The summed E-state index contributed by atoms with van der Waals surface area (Å²) in [7, 11) is 0. The van der Waals surface area contributed by atoms with Gasteiger partial charge in [-0.15, -0.1) is 0 Å². The molecule has 2 aliphatic rings. The van der Waals surface area contributed by atoms with Gasteiger partial charge in [0.25, 0.3) is 0 Å². The molecule has 2 atom stereocenters. The summed E-state index contributed by atoms with van der Waals surface area (Å²) in [6.45, 7) is 2.56. The number of carbonyl (C=O) groups excluding carboxylic acids is 2. The molecule has 2 aromatic rings. The number of anilines is 1. The predicted molar refractivity (Wildman–Crippen MR) is 103 cm³/mol. The van der Waals surface area contributed by atoms with Crippen molar-refractivity contribution in [2.45, 2.75) is 19.0 Å². The molecule has 0 bridgehead atoms. The molecule has 0 aliphatic carbocycles.